The summed E-state index contributed by atoms with van der Waals surface area (Å²) in [6.07, 6.45) is 5.79. The molecule has 19 heavy (non-hydrogen) atoms. The van der Waals surface area contributed by atoms with Gasteiger partial charge >= 0.3 is 0 Å². The quantitative estimate of drug-likeness (QED) is 0.833. The van der Waals surface area contributed by atoms with Crippen molar-refractivity contribution < 1.29 is 0 Å². The maximum atomic E-state index is 5.18. The highest BCUT2D eigenvalue weighted by Crippen LogP contribution is 2.14. The first kappa shape index (κ1) is 13.8. The van der Waals surface area contributed by atoms with Crippen molar-refractivity contribution in [2.75, 3.05) is 11.9 Å². The molecule has 2 rings (SSSR count). The van der Waals surface area contributed by atoms with Crippen LogP contribution in [0.15, 0.2) is 41.4 Å². The molecule has 0 saturated heterocycles. The first-order valence-corrected chi connectivity index (χ1v) is 6.87. The van der Waals surface area contributed by atoms with Gasteiger partial charge < -0.3 is 10.6 Å². The van der Waals surface area contributed by atoms with Gasteiger partial charge in [0.25, 0.3) is 0 Å². The molecule has 0 saturated carbocycles. The summed E-state index contributed by atoms with van der Waals surface area (Å²) >= 11 is 8.48. The minimum Gasteiger partial charge on any atom is -0.362 e. The van der Waals surface area contributed by atoms with E-state index in [4.69, 9.17) is 12.2 Å². The van der Waals surface area contributed by atoms with Crippen molar-refractivity contribution in [3.05, 3.63) is 47.1 Å². The smallest absolute Gasteiger partial charge is 0.172 e. The van der Waals surface area contributed by atoms with E-state index in [2.05, 4.69) is 41.5 Å². The van der Waals surface area contributed by atoms with E-state index in [1.165, 1.54) is 0 Å². The summed E-state index contributed by atoms with van der Waals surface area (Å²) < 4.78 is 0.629. The predicted octanol–water partition coefficient (Wildman–Crippen LogP) is 2.16. The van der Waals surface area contributed by atoms with E-state index in [0.29, 0.717) is 22.1 Å². The van der Waals surface area contributed by atoms with Crippen LogP contribution in [0.25, 0.3) is 0 Å². The summed E-state index contributed by atoms with van der Waals surface area (Å²) in [6.45, 7) is 0.709. The molecular weight excluding hydrogens is 326 g/mol. The van der Waals surface area contributed by atoms with Gasteiger partial charge in [-0.2, -0.15) is 0 Å². The van der Waals surface area contributed by atoms with E-state index >= 15 is 0 Å². The molecule has 0 amide bonds. The minimum atomic E-state index is 0.511. The summed E-state index contributed by atoms with van der Waals surface area (Å²) in [5.41, 5.74) is 1.03. The Bertz CT molecular complexity index is 549. The second-order valence-corrected chi connectivity index (χ2v) is 4.81. The molecular formula is C12H12BrN5S. The average Bonchev–Trinajstić information content (AvgIpc) is 2.43. The Hall–Kier alpha value is -1.60. The van der Waals surface area contributed by atoms with Gasteiger partial charge in [0, 0.05) is 37.3 Å². The number of hydrogen-bond acceptors (Lipinski definition) is 4. The maximum Gasteiger partial charge on any atom is 0.172 e. The van der Waals surface area contributed by atoms with E-state index < -0.39 is 0 Å². The number of nitrogens with one attached hydrogen (secondary N) is 2. The average molecular weight is 338 g/mol. The van der Waals surface area contributed by atoms with Gasteiger partial charge in [0.1, 0.15) is 4.60 Å². The molecule has 0 radical (unpaired) electrons. The molecule has 5 nitrogen and oxygen atoms in total. The summed E-state index contributed by atoms with van der Waals surface area (Å²) in [7, 11) is 0. The fraction of sp³-hybridized carbons (Fsp3) is 0.167. The Morgan fingerprint density at radius 2 is 2.00 bits per heavy atom. The maximum absolute atomic E-state index is 5.18. The van der Waals surface area contributed by atoms with E-state index in [-0.39, 0.29) is 0 Å². The number of hydrogen-bond donors (Lipinski definition) is 2. The molecule has 0 aliphatic carbocycles. The molecule has 98 valence electrons. The third-order valence-corrected chi connectivity index (χ3v) is 3.11. The van der Waals surface area contributed by atoms with Crippen molar-refractivity contribution in [2.45, 2.75) is 6.42 Å². The standard InChI is InChI=1S/C12H12BrN5S/c13-10-11(16-8-7-15-10)18-12(19)17-6-4-9-3-1-2-5-14-9/h1-3,5,7-8H,4,6H2,(H2,16,17,18,19). The van der Waals surface area contributed by atoms with Gasteiger partial charge in [0.2, 0.25) is 0 Å². The van der Waals surface area contributed by atoms with E-state index in [9.17, 15) is 0 Å². The second kappa shape index (κ2) is 7.10. The molecule has 0 aliphatic rings. The minimum absolute atomic E-state index is 0.511. The lowest BCUT2D eigenvalue weighted by Gasteiger charge is -2.10. The van der Waals surface area contributed by atoms with Crippen molar-refractivity contribution >= 4 is 39.1 Å². The zero-order valence-corrected chi connectivity index (χ0v) is 12.4. The lowest BCUT2D eigenvalue weighted by molar-refractivity contribution is 0.847. The lowest BCUT2D eigenvalue weighted by atomic mass is 10.3. The Morgan fingerprint density at radius 1 is 1.16 bits per heavy atom. The number of thiocarbonyl (C=S) groups is 1. The van der Waals surface area contributed by atoms with Crippen LogP contribution in [0.3, 0.4) is 0 Å². The summed E-state index contributed by atoms with van der Waals surface area (Å²) in [6, 6.07) is 5.85. The van der Waals surface area contributed by atoms with Crippen LogP contribution in [0.4, 0.5) is 5.82 Å². The number of halogens is 1. The molecule has 0 unspecified atom stereocenters. The molecule has 2 N–H and O–H groups in total. The summed E-state index contributed by atoms with van der Waals surface area (Å²) in [5, 5.41) is 6.59. The highest BCUT2D eigenvalue weighted by molar-refractivity contribution is 9.10. The van der Waals surface area contributed by atoms with E-state index in [1.54, 1.807) is 18.6 Å². The van der Waals surface area contributed by atoms with Crippen LogP contribution in [-0.4, -0.2) is 26.6 Å². The summed E-state index contributed by atoms with van der Waals surface area (Å²) in [4.78, 5) is 12.4. The van der Waals surface area contributed by atoms with Crippen molar-refractivity contribution in [1.82, 2.24) is 20.3 Å². The van der Waals surface area contributed by atoms with Crippen LogP contribution in [0.5, 0.6) is 0 Å². The molecule has 2 aromatic heterocycles. The van der Waals surface area contributed by atoms with Crippen molar-refractivity contribution in [1.29, 1.82) is 0 Å². The highest BCUT2D eigenvalue weighted by Gasteiger charge is 2.03. The number of rotatable bonds is 4. The Balaban J connectivity index is 1.78. The summed E-state index contributed by atoms with van der Waals surface area (Å²) in [5.74, 6) is 0.595. The molecule has 0 atom stereocenters. The van der Waals surface area contributed by atoms with Gasteiger partial charge in [-0.15, -0.1) is 0 Å². The van der Waals surface area contributed by atoms with Gasteiger partial charge in [-0.25, -0.2) is 9.97 Å². The highest BCUT2D eigenvalue weighted by atomic mass is 79.9. The van der Waals surface area contributed by atoms with E-state index in [1.807, 2.05) is 18.2 Å². The largest absolute Gasteiger partial charge is 0.362 e. The predicted molar refractivity (Wildman–Crippen MR) is 81.9 cm³/mol. The molecule has 0 fully saturated rings. The Labute approximate surface area is 125 Å². The van der Waals surface area contributed by atoms with Gasteiger partial charge in [-0.1, -0.05) is 6.07 Å². The van der Waals surface area contributed by atoms with Crippen LogP contribution < -0.4 is 10.6 Å². The van der Waals surface area contributed by atoms with Crippen LogP contribution in [0.1, 0.15) is 5.69 Å². The first-order valence-electron chi connectivity index (χ1n) is 5.67. The fourth-order valence-electron chi connectivity index (χ4n) is 1.41. The van der Waals surface area contributed by atoms with Gasteiger partial charge in [-0.05, 0) is 40.3 Å². The van der Waals surface area contributed by atoms with Gasteiger partial charge in [0.05, 0.1) is 0 Å². The molecule has 2 heterocycles. The monoisotopic (exact) mass is 337 g/mol. The molecule has 0 aliphatic heterocycles. The molecule has 2 aromatic rings. The topological polar surface area (TPSA) is 62.7 Å². The van der Waals surface area contributed by atoms with Gasteiger partial charge in [-0.3, -0.25) is 4.98 Å². The molecule has 0 spiro atoms. The van der Waals surface area contributed by atoms with E-state index in [0.717, 1.165) is 12.1 Å². The number of aromatic nitrogens is 3. The third kappa shape index (κ3) is 4.53. The van der Waals surface area contributed by atoms with Crippen molar-refractivity contribution in [3.8, 4) is 0 Å². The molecule has 7 heteroatoms. The number of nitrogens with zero attached hydrogens (tertiary/aromatic N) is 3. The SMILES string of the molecule is S=C(NCCc1ccccn1)Nc1nccnc1Br. The normalized spacial score (nSPS) is 9.95. The lowest BCUT2D eigenvalue weighted by Crippen LogP contribution is -2.30. The van der Waals surface area contributed by atoms with Gasteiger partial charge in [0.15, 0.2) is 10.9 Å². The third-order valence-electron chi connectivity index (χ3n) is 2.28. The second-order valence-electron chi connectivity index (χ2n) is 3.65. The van der Waals surface area contributed by atoms with Crippen molar-refractivity contribution in [2.24, 2.45) is 0 Å². The van der Waals surface area contributed by atoms with Crippen LogP contribution in [0.2, 0.25) is 0 Å². The van der Waals surface area contributed by atoms with Crippen molar-refractivity contribution in [3.63, 3.8) is 0 Å². The zero-order valence-electron chi connectivity index (χ0n) is 10.0. The Kier molecular flexibility index (Phi) is 5.17. The Morgan fingerprint density at radius 3 is 2.74 bits per heavy atom. The fourth-order valence-corrected chi connectivity index (χ4v) is 1.93. The zero-order chi connectivity index (χ0) is 13.5. The first-order chi connectivity index (χ1) is 9.25. The number of anilines is 1. The molecule has 0 aromatic carbocycles. The molecule has 0 bridgehead atoms. The number of pyridine rings is 1. The van der Waals surface area contributed by atoms with Crippen LogP contribution in [-0.2, 0) is 6.42 Å². The van der Waals surface area contributed by atoms with Crippen LogP contribution >= 0.6 is 28.1 Å². The van der Waals surface area contributed by atoms with Crippen LogP contribution in [0, 0.1) is 0 Å².